The second kappa shape index (κ2) is 6.70. The van der Waals surface area contributed by atoms with Gasteiger partial charge >= 0.3 is 0 Å². The van der Waals surface area contributed by atoms with Crippen LogP contribution in [0.4, 0.5) is 0 Å². The molecule has 0 radical (unpaired) electrons. The third-order valence-electron chi connectivity index (χ3n) is 3.27. The highest BCUT2D eigenvalue weighted by molar-refractivity contribution is 5.27. The highest BCUT2D eigenvalue weighted by Crippen LogP contribution is 2.25. The Kier molecular flexibility index (Phi) is 4.96. The molecule has 1 heterocycles. The van der Waals surface area contributed by atoms with Gasteiger partial charge in [-0.1, -0.05) is 24.8 Å². The lowest BCUT2D eigenvalue weighted by Gasteiger charge is -2.40. The van der Waals surface area contributed by atoms with E-state index in [1.165, 1.54) is 5.56 Å². The van der Waals surface area contributed by atoms with Crippen LogP contribution in [-0.2, 0) is 11.3 Å². The number of ether oxygens (including phenoxy) is 2. The molecule has 1 fully saturated rings. The molecule has 104 valence electrons. The summed E-state index contributed by atoms with van der Waals surface area (Å²) in [6.07, 6.45) is 1.73. The third kappa shape index (κ3) is 3.80. The van der Waals surface area contributed by atoms with Crippen molar-refractivity contribution in [2.75, 3.05) is 33.0 Å². The van der Waals surface area contributed by atoms with E-state index >= 15 is 0 Å². The number of rotatable bonds is 8. The van der Waals surface area contributed by atoms with Crippen LogP contribution in [0.15, 0.2) is 36.9 Å². The van der Waals surface area contributed by atoms with Crippen LogP contribution in [0.2, 0.25) is 0 Å². The highest BCUT2D eigenvalue weighted by atomic mass is 16.5. The van der Waals surface area contributed by atoms with E-state index in [0.29, 0.717) is 19.8 Å². The Morgan fingerprint density at radius 2 is 2.11 bits per heavy atom. The van der Waals surface area contributed by atoms with Crippen LogP contribution in [-0.4, -0.2) is 38.1 Å². The molecular formula is C15H21NO3. The summed E-state index contributed by atoms with van der Waals surface area (Å²) in [5.74, 6) is 0.850. The van der Waals surface area contributed by atoms with Crippen molar-refractivity contribution in [2.45, 2.75) is 6.54 Å². The molecule has 4 nitrogen and oxygen atoms in total. The van der Waals surface area contributed by atoms with E-state index in [4.69, 9.17) is 9.47 Å². The summed E-state index contributed by atoms with van der Waals surface area (Å²) in [7, 11) is 0. The second-order valence-electron chi connectivity index (χ2n) is 5.00. The van der Waals surface area contributed by atoms with E-state index in [1.807, 2.05) is 24.3 Å². The molecule has 1 aromatic rings. The second-order valence-corrected chi connectivity index (χ2v) is 5.00. The average Bonchev–Trinajstić information content (AvgIpc) is 2.41. The molecule has 1 aliphatic rings. The molecule has 1 aliphatic heterocycles. The first-order chi connectivity index (χ1) is 9.28. The standard InChI is InChI=1S/C15H21NO3/c1-2-7-19-14-5-3-13(4-6-14)8-16-9-15(10-17)11-18-12-15/h2-6,16-17H,1,7-12H2. The third-order valence-corrected chi connectivity index (χ3v) is 3.27. The maximum absolute atomic E-state index is 9.31. The predicted octanol–water partition coefficient (Wildman–Crippen LogP) is 1.35. The van der Waals surface area contributed by atoms with Gasteiger partial charge in [-0.05, 0) is 17.7 Å². The molecule has 0 amide bonds. The largest absolute Gasteiger partial charge is 0.490 e. The summed E-state index contributed by atoms with van der Waals surface area (Å²) >= 11 is 0. The van der Waals surface area contributed by atoms with Crippen LogP contribution in [0.5, 0.6) is 5.75 Å². The summed E-state index contributed by atoms with van der Waals surface area (Å²) in [4.78, 5) is 0. The molecule has 4 heteroatoms. The minimum Gasteiger partial charge on any atom is -0.490 e. The molecule has 0 bridgehead atoms. The first-order valence-corrected chi connectivity index (χ1v) is 6.50. The Balaban J connectivity index is 1.75. The Hall–Kier alpha value is -1.36. The van der Waals surface area contributed by atoms with Crippen LogP contribution < -0.4 is 10.1 Å². The first kappa shape index (κ1) is 14.1. The van der Waals surface area contributed by atoms with Gasteiger partial charge in [0.2, 0.25) is 0 Å². The molecule has 0 atom stereocenters. The molecule has 19 heavy (non-hydrogen) atoms. The number of hydrogen-bond acceptors (Lipinski definition) is 4. The molecular weight excluding hydrogens is 242 g/mol. The monoisotopic (exact) mass is 263 g/mol. The van der Waals surface area contributed by atoms with Crippen molar-refractivity contribution in [1.29, 1.82) is 0 Å². The van der Waals surface area contributed by atoms with Crippen molar-refractivity contribution in [3.05, 3.63) is 42.5 Å². The zero-order valence-electron chi connectivity index (χ0n) is 11.1. The van der Waals surface area contributed by atoms with Crippen molar-refractivity contribution in [2.24, 2.45) is 5.41 Å². The first-order valence-electron chi connectivity index (χ1n) is 6.50. The van der Waals surface area contributed by atoms with Gasteiger partial charge in [0.25, 0.3) is 0 Å². The van der Waals surface area contributed by atoms with Crippen LogP contribution in [0.25, 0.3) is 0 Å². The number of aliphatic hydroxyl groups is 1. The minimum absolute atomic E-state index is 0.0764. The van der Waals surface area contributed by atoms with E-state index in [2.05, 4.69) is 11.9 Å². The summed E-state index contributed by atoms with van der Waals surface area (Å²) < 4.78 is 10.6. The molecule has 0 unspecified atom stereocenters. The lowest BCUT2D eigenvalue weighted by molar-refractivity contribution is -0.134. The van der Waals surface area contributed by atoms with Crippen molar-refractivity contribution >= 4 is 0 Å². The topological polar surface area (TPSA) is 50.7 Å². The Morgan fingerprint density at radius 1 is 1.37 bits per heavy atom. The zero-order chi connectivity index (χ0) is 13.6. The van der Waals surface area contributed by atoms with Gasteiger partial charge in [-0.3, -0.25) is 0 Å². The molecule has 0 aromatic heterocycles. The number of nitrogens with one attached hydrogen (secondary N) is 1. The van der Waals surface area contributed by atoms with E-state index in [9.17, 15) is 5.11 Å². The van der Waals surface area contributed by atoms with Gasteiger partial charge in [-0.15, -0.1) is 0 Å². The average molecular weight is 263 g/mol. The summed E-state index contributed by atoms with van der Waals surface area (Å²) in [6, 6.07) is 7.98. The molecule has 1 aromatic carbocycles. The fourth-order valence-corrected chi connectivity index (χ4v) is 1.97. The number of benzene rings is 1. The SMILES string of the molecule is C=CCOc1ccc(CNCC2(CO)COC2)cc1. The van der Waals surface area contributed by atoms with Crippen molar-refractivity contribution in [1.82, 2.24) is 5.32 Å². The zero-order valence-corrected chi connectivity index (χ0v) is 11.1. The molecule has 0 saturated carbocycles. The van der Waals surface area contributed by atoms with Crippen LogP contribution in [0.1, 0.15) is 5.56 Å². The summed E-state index contributed by atoms with van der Waals surface area (Å²) in [5.41, 5.74) is 1.12. The van der Waals surface area contributed by atoms with Crippen LogP contribution in [0, 0.1) is 5.41 Å². The summed E-state index contributed by atoms with van der Waals surface area (Å²) in [5, 5.41) is 12.7. The van der Waals surface area contributed by atoms with Crippen LogP contribution >= 0.6 is 0 Å². The van der Waals surface area contributed by atoms with Crippen molar-refractivity contribution in [3.63, 3.8) is 0 Å². The van der Waals surface area contributed by atoms with E-state index in [1.54, 1.807) is 6.08 Å². The lowest BCUT2D eigenvalue weighted by atomic mass is 9.87. The van der Waals surface area contributed by atoms with Gasteiger partial charge in [-0.2, -0.15) is 0 Å². The van der Waals surface area contributed by atoms with Gasteiger partial charge in [-0.25, -0.2) is 0 Å². The fraction of sp³-hybridized carbons (Fsp3) is 0.467. The number of hydrogen-bond donors (Lipinski definition) is 2. The van der Waals surface area contributed by atoms with Gasteiger partial charge in [0.15, 0.2) is 0 Å². The fourth-order valence-electron chi connectivity index (χ4n) is 1.97. The van der Waals surface area contributed by atoms with E-state index in [0.717, 1.165) is 18.8 Å². The smallest absolute Gasteiger partial charge is 0.119 e. The van der Waals surface area contributed by atoms with Gasteiger partial charge < -0.3 is 19.9 Å². The lowest BCUT2D eigenvalue weighted by Crippen LogP contribution is -2.52. The normalized spacial score (nSPS) is 16.7. The Bertz CT molecular complexity index is 393. The Labute approximate surface area is 114 Å². The quantitative estimate of drug-likeness (QED) is 0.695. The minimum atomic E-state index is -0.0764. The van der Waals surface area contributed by atoms with Gasteiger partial charge in [0, 0.05) is 13.1 Å². The summed E-state index contributed by atoms with van der Waals surface area (Å²) in [6.45, 7) is 7.16. The maximum atomic E-state index is 9.31. The maximum Gasteiger partial charge on any atom is 0.119 e. The number of aliphatic hydroxyl groups excluding tert-OH is 1. The van der Waals surface area contributed by atoms with E-state index < -0.39 is 0 Å². The molecule has 0 spiro atoms. The highest BCUT2D eigenvalue weighted by Gasteiger charge is 2.37. The molecule has 2 N–H and O–H groups in total. The van der Waals surface area contributed by atoms with Crippen molar-refractivity contribution < 1.29 is 14.6 Å². The van der Waals surface area contributed by atoms with Gasteiger partial charge in [0.1, 0.15) is 12.4 Å². The van der Waals surface area contributed by atoms with E-state index in [-0.39, 0.29) is 12.0 Å². The molecule has 1 saturated heterocycles. The van der Waals surface area contributed by atoms with Gasteiger partial charge in [0.05, 0.1) is 25.2 Å². The predicted molar refractivity (Wildman–Crippen MR) is 74.2 cm³/mol. The van der Waals surface area contributed by atoms with Crippen LogP contribution in [0.3, 0.4) is 0 Å². The van der Waals surface area contributed by atoms with Crippen molar-refractivity contribution in [3.8, 4) is 5.75 Å². The molecule has 2 rings (SSSR count). The molecule has 0 aliphatic carbocycles. The Morgan fingerprint density at radius 3 is 2.63 bits per heavy atom.